The number of carbonyl (C=O) groups is 1. The van der Waals surface area contributed by atoms with Crippen molar-refractivity contribution in [1.29, 1.82) is 0 Å². The molecule has 0 saturated heterocycles. The maximum atomic E-state index is 10.6. The minimum absolute atomic E-state index is 0.503. The van der Waals surface area contributed by atoms with Gasteiger partial charge in [0.2, 0.25) is 0 Å². The molecule has 2 nitrogen and oxygen atoms in total. The van der Waals surface area contributed by atoms with E-state index in [0.717, 1.165) is 6.42 Å². The van der Waals surface area contributed by atoms with Crippen LogP contribution in [0.3, 0.4) is 0 Å². The highest BCUT2D eigenvalue weighted by atomic mass is 35.5. The molecule has 0 atom stereocenters. The molecule has 0 bridgehead atoms. The SMILES string of the molecule is CCCCCCCCCc1ccc(OC(=O)Cl)cc1. The zero-order valence-corrected chi connectivity index (χ0v) is 12.4. The smallest absolute Gasteiger partial charge is 0.409 e. The largest absolute Gasteiger partial charge is 0.415 e. The average molecular weight is 283 g/mol. The van der Waals surface area contributed by atoms with Gasteiger partial charge in [-0.3, -0.25) is 0 Å². The van der Waals surface area contributed by atoms with E-state index in [1.165, 1.54) is 50.5 Å². The van der Waals surface area contributed by atoms with Crippen molar-refractivity contribution in [2.24, 2.45) is 0 Å². The lowest BCUT2D eigenvalue weighted by Gasteiger charge is -2.04. The molecule has 1 aromatic rings. The van der Waals surface area contributed by atoms with E-state index in [0.29, 0.717) is 5.75 Å². The molecule has 0 unspecified atom stereocenters. The van der Waals surface area contributed by atoms with Gasteiger partial charge in [-0.2, -0.15) is 0 Å². The quantitative estimate of drug-likeness (QED) is 0.428. The third-order valence-corrected chi connectivity index (χ3v) is 3.27. The number of benzene rings is 1. The van der Waals surface area contributed by atoms with Crippen LogP contribution in [-0.4, -0.2) is 5.43 Å². The molecular weight excluding hydrogens is 260 g/mol. The second-order valence-electron chi connectivity index (χ2n) is 4.85. The fourth-order valence-corrected chi connectivity index (χ4v) is 2.19. The van der Waals surface area contributed by atoms with Crippen molar-refractivity contribution in [1.82, 2.24) is 0 Å². The van der Waals surface area contributed by atoms with E-state index in [4.69, 9.17) is 16.3 Å². The summed E-state index contributed by atoms with van der Waals surface area (Å²) in [6.07, 6.45) is 10.3. The Morgan fingerprint density at radius 1 is 1.00 bits per heavy atom. The summed E-state index contributed by atoms with van der Waals surface area (Å²) in [5, 5.41) is 0. The van der Waals surface area contributed by atoms with Crippen molar-refractivity contribution in [2.45, 2.75) is 58.3 Å². The summed E-state index contributed by atoms with van der Waals surface area (Å²) in [6.45, 7) is 2.24. The molecule has 1 rings (SSSR count). The molecule has 0 aliphatic heterocycles. The molecule has 19 heavy (non-hydrogen) atoms. The molecule has 0 N–H and O–H groups in total. The Hall–Kier alpha value is -1.02. The van der Waals surface area contributed by atoms with Gasteiger partial charge >= 0.3 is 5.43 Å². The molecule has 1 aromatic carbocycles. The van der Waals surface area contributed by atoms with Crippen molar-refractivity contribution in [3.05, 3.63) is 29.8 Å². The highest BCUT2D eigenvalue weighted by Crippen LogP contribution is 2.16. The highest BCUT2D eigenvalue weighted by Gasteiger charge is 2.00. The summed E-state index contributed by atoms with van der Waals surface area (Å²) in [5.74, 6) is 0.503. The van der Waals surface area contributed by atoms with Gasteiger partial charge in [0, 0.05) is 11.6 Å². The molecule has 0 heterocycles. The van der Waals surface area contributed by atoms with Gasteiger partial charge in [0.25, 0.3) is 0 Å². The molecule has 0 spiro atoms. The lowest BCUT2D eigenvalue weighted by Crippen LogP contribution is -1.96. The van der Waals surface area contributed by atoms with Crippen molar-refractivity contribution >= 4 is 17.0 Å². The summed E-state index contributed by atoms with van der Waals surface area (Å²) in [7, 11) is 0. The average Bonchev–Trinajstić information content (AvgIpc) is 2.39. The third kappa shape index (κ3) is 7.89. The molecule has 0 amide bonds. The Morgan fingerprint density at radius 2 is 1.58 bits per heavy atom. The van der Waals surface area contributed by atoms with Crippen LogP contribution >= 0.6 is 11.6 Å². The Bertz CT molecular complexity index is 360. The normalized spacial score (nSPS) is 10.4. The minimum atomic E-state index is -0.792. The van der Waals surface area contributed by atoms with E-state index in [1.54, 1.807) is 12.1 Å². The van der Waals surface area contributed by atoms with Crippen LogP contribution in [0, 0.1) is 0 Å². The van der Waals surface area contributed by atoms with E-state index in [1.807, 2.05) is 12.1 Å². The summed E-state index contributed by atoms with van der Waals surface area (Å²) in [4.78, 5) is 10.6. The highest BCUT2D eigenvalue weighted by molar-refractivity contribution is 6.61. The first kappa shape index (κ1) is 16.0. The van der Waals surface area contributed by atoms with Crippen LogP contribution in [0.25, 0.3) is 0 Å². The van der Waals surface area contributed by atoms with Crippen LogP contribution in [-0.2, 0) is 6.42 Å². The fraction of sp³-hybridized carbons (Fsp3) is 0.562. The van der Waals surface area contributed by atoms with E-state index in [-0.39, 0.29) is 0 Å². The summed E-state index contributed by atoms with van der Waals surface area (Å²) in [6, 6.07) is 7.56. The van der Waals surface area contributed by atoms with E-state index < -0.39 is 5.43 Å². The number of unbranched alkanes of at least 4 members (excludes halogenated alkanes) is 6. The van der Waals surface area contributed by atoms with Gasteiger partial charge in [-0.1, -0.05) is 57.6 Å². The maximum absolute atomic E-state index is 10.6. The molecule has 106 valence electrons. The first-order valence-electron chi connectivity index (χ1n) is 7.18. The van der Waals surface area contributed by atoms with Crippen molar-refractivity contribution in [3.8, 4) is 5.75 Å². The number of rotatable bonds is 9. The van der Waals surface area contributed by atoms with Gasteiger partial charge in [-0.25, -0.2) is 4.79 Å². The summed E-state index contributed by atoms with van der Waals surface area (Å²) < 4.78 is 4.78. The number of halogens is 1. The third-order valence-electron chi connectivity index (χ3n) is 3.19. The minimum Gasteiger partial charge on any atom is -0.415 e. The molecule has 0 aromatic heterocycles. The predicted molar refractivity (Wildman–Crippen MR) is 80.0 cm³/mol. The molecule has 0 saturated carbocycles. The van der Waals surface area contributed by atoms with Crippen LogP contribution in [0.1, 0.15) is 57.4 Å². The van der Waals surface area contributed by atoms with Gasteiger partial charge in [0.1, 0.15) is 5.75 Å². The second-order valence-corrected chi connectivity index (χ2v) is 5.16. The molecule has 0 radical (unpaired) electrons. The zero-order valence-electron chi connectivity index (χ0n) is 11.7. The Labute approximate surface area is 121 Å². The fourth-order valence-electron chi connectivity index (χ4n) is 2.10. The Kier molecular flexibility index (Phi) is 8.31. The van der Waals surface area contributed by atoms with Gasteiger partial charge in [0.15, 0.2) is 0 Å². The summed E-state index contributed by atoms with van der Waals surface area (Å²) >= 11 is 5.15. The first-order valence-corrected chi connectivity index (χ1v) is 7.56. The second kappa shape index (κ2) is 9.85. The number of ether oxygens (including phenoxy) is 1. The van der Waals surface area contributed by atoms with Crippen LogP contribution in [0.4, 0.5) is 4.79 Å². The zero-order chi connectivity index (χ0) is 13.9. The van der Waals surface area contributed by atoms with E-state index in [2.05, 4.69) is 6.92 Å². The number of hydrogen-bond donors (Lipinski definition) is 0. The predicted octanol–water partition coefficient (Wildman–Crippen LogP) is 5.72. The standard InChI is InChI=1S/C16H23ClO2/c1-2-3-4-5-6-7-8-9-14-10-12-15(13-11-14)19-16(17)18/h10-13H,2-9H2,1H3. The van der Waals surface area contributed by atoms with Crippen LogP contribution < -0.4 is 4.74 Å². The lowest BCUT2D eigenvalue weighted by molar-refractivity contribution is 0.225. The monoisotopic (exact) mass is 282 g/mol. The molecular formula is C16H23ClO2. The van der Waals surface area contributed by atoms with Crippen LogP contribution in [0.2, 0.25) is 0 Å². The van der Waals surface area contributed by atoms with Gasteiger partial charge < -0.3 is 4.74 Å². The Morgan fingerprint density at radius 3 is 2.16 bits per heavy atom. The van der Waals surface area contributed by atoms with Gasteiger partial charge in [-0.15, -0.1) is 0 Å². The Balaban J connectivity index is 2.14. The lowest BCUT2D eigenvalue weighted by atomic mass is 10.0. The number of aryl methyl sites for hydroxylation is 1. The molecule has 0 fully saturated rings. The van der Waals surface area contributed by atoms with E-state index >= 15 is 0 Å². The van der Waals surface area contributed by atoms with Crippen LogP contribution in [0.15, 0.2) is 24.3 Å². The topological polar surface area (TPSA) is 26.3 Å². The van der Waals surface area contributed by atoms with Crippen molar-refractivity contribution in [2.75, 3.05) is 0 Å². The van der Waals surface area contributed by atoms with Gasteiger partial charge in [0.05, 0.1) is 0 Å². The maximum Gasteiger partial charge on any atom is 0.409 e. The first-order chi connectivity index (χ1) is 9.22. The molecule has 0 aliphatic rings. The van der Waals surface area contributed by atoms with Crippen molar-refractivity contribution < 1.29 is 9.53 Å². The molecule has 3 heteroatoms. The van der Waals surface area contributed by atoms with Crippen LogP contribution in [0.5, 0.6) is 5.75 Å². The molecule has 0 aliphatic carbocycles. The number of carbonyl (C=O) groups excluding carboxylic acids is 1. The van der Waals surface area contributed by atoms with Crippen molar-refractivity contribution in [3.63, 3.8) is 0 Å². The number of hydrogen-bond acceptors (Lipinski definition) is 2. The van der Waals surface area contributed by atoms with E-state index in [9.17, 15) is 4.79 Å². The van der Waals surface area contributed by atoms with Gasteiger partial charge in [-0.05, 0) is 30.5 Å². The summed E-state index contributed by atoms with van der Waals surface area (Å²) in [5.41, 5.74) is 0.489.